The maximum atomic E-state index is 11.5. The highest BCUT2D eigenvalue weighted by atomic mass is 35.5. The van der Waals surface area contributed by atoms with E-state index in [2.05, 4.69) is 10.6 Å². The number of carboxylic acid groups (broad SMARTS) is 1. The Labute approximate surface area is 115 Å². The Hall–Kier alpha value is -1.95. The van der Waals surface area contributed by atoms with E-state index in [1.54, 1.807) is 18.2 Å². The molecule has 0 saturated carbocycles. The third-order valence-electron chi connectivity index (χ3n) is 2.27. The highest BCUT2D eigenvalue weighted by Gasteiger charge is 2.07. The maximum absolute atomic E-state index is 11.5. The van der Waals surface area contributed by atoms with Crippen LogP contribution in [0.1, 0.15) is 12.8 Å². The van der Waals surface area contributed by atoms with E-state index in [4.69, 9.17) is 21.4 Å². The fraction of sp³-hybridized carbons (Fsp3) is 0.333. The number of ether oxygens (including phenoxy) is 1. The molecule has 1 aromatic rings. The number of carboxylic acids is 1. The minimum atomic E-state index is -0.891. The van der Waals surface area contributed by atoms with Crippen LogP contribution < -0.4 is 15.4 Å². The molecule has 3 N–H and O–H groups in total. The summed E-state index contributed by atoms with van der Waals surface area (Å²) in [6, 6.07) is 4.44. The van der Waals surface area contributed by atoms with Gasteiger partial charge in [-0.15, -0.1) is 0 Å². The Morgan fingerprint density at radius 1 is 1.42 bits per heavy atom. The number of hydrogen-bond donors (Lipinski definition) is 3. The van der Waals surface area contributed by atoms with Crippen LogP contribution in [0.5, 0.6) is 5.75 Å². The number of anilines is 1. The number of aliphatic carboxylic acids is 1. The van der Waals surface area contributed by atoms with E-state index in [0.29, 0.717) is 22.9 Å². The molecule has 0 bridgehead atoms. The van der Waals surface area contributed by atoms with Crippen LogP contribution in [-0.4, -0.2) is 30.8 Å². The summed E-state index contributed by atoms with van der Waals surface area (Å²) in [4.78, 5) is 21.8. The Morgan fingerprint density at radius 2 is 2.16 bits per heavy atom. The van der Waals surface area contributed by atoms with Crippen molar-refractivity contribution in [2.24, 2.45) is 0 Å². The van der Waals surface area contributed by atoms with E-state index in [9.17, 15) is 9.59 Å². The van der Waals surface area contributed by atoms with Gasteiger partial charge in [0.15, 0.2) is 0 Å². The van der Waals surface area contributed by atoms with E-state index in [0.717, 1.165) is 0 Å². The van der Waals surface area contributed by atoms with E-state index >= 15 is 0 Å². The highest BCUT2D eigenvalue weighted by Crippen LogP contribution is 2.26. The van der Waals surface area contributed by atoms with Gasteiger partial charge in [-0.05, 0) is 18.6 Å². The van der Waals surface area contributed by atoms with Gasteiger partial charge in [0.2, 0.25) is 0 Å². The summed E-state index contributed by atoms with van der Waals surface area (Å²) in [5, 5.41) is 13.9. The second-order valence-electron chi connectivity index (χ2n) is 3.72. The number of amides is 2. The molecule has 6 nitrogen and oxygen atoms in total. The normalized spacial score (nSPS) is 9.79. The molecule has 2 amide bonds. The van der Waals surface area contributed by atoms with Gasteiger partial charge in [-0.2, -0.15) is 0 Å². The number of halogens is 1. The summed E-state index contributed by atoms with van der Waals surface area (Å²) in [6.07, 6.45) is 0.384. The predicted molar refractivity (Wildman–Crippen MR) is 71.9 cm³/mol. The summed E-state index contributed by atoms with van der Waals surface area (Å²) in [7, 11) is 1.51. The van der Waals surface area contributed by atoms with Crippen LogP contribution in [-0.2, 0) is 4.79 Å². The fourth-order valence-corrected chi connectivity index (χ4v) is 1.50. The highest BCUT2D eigenvalue weighted by molar-refractivity contribution is 6.33. The average molecular weight is 287 g/mol. The minimum Gasteiger partial charge on any atom is -0.497 e. The minimum absolute atomic E-state index is 0.0141. The van der Waals surface area contributed by atoms with Crippen molar-refractivity contribution >= 4 is 29.3 Å². The molecular formula is C12H15ClN2O4. The zero-order chi connectivity index (χ0) is 14.3. The lowest BCUT2D eigenvalue weighted by Crippen LogP contribution is -2.29. The number of methoxy groups -OCH3 is 1. The van der Waals surface area contributed by atoms with Crippen LogP contribution >= 0.6 is 11.6 Å². The van der Waals surface area contributed by atoms with Gasteiger partial charge >= 0.3 is 12.0 Å². The summed E-state index contributed by atoms with van der Waals surface area (Å²) >= 11 is 5.92. The van der Waals surface area contributed by atoms with Gasteiger partial charge in [0.25, 0.3) is 0 Å². The van der Waals surface area contributed by atoms with E-state index in [1.807, 2.05) is 0 Å². The molecule has 0 unspecified atom stereocenters. The molecule has 1 aromatic carbocycles. The van der Waals surface area contributed by atoms with Gasteiger partial charge < -0.3 is 20.5 Å². The van der Waals surface area contributed by atoms with Gasteiger partial charge in [-0.3, -0.25) is 4.79 Å². The molecule has 0 heterocycles. The number of urea groups is 1. The third kappa shape index (κ3) is 5.48. The van der Waals surface area contributed by atoms with Gasteiger partial charge in [-0.25, -0.2) is 4.79 Å². The topological polar surface area (TPSA) is 87.7 Å². The van der Waals surface area contributed by atoms with Crippen molar-refractivity contribution < 1.29 is 19.4 Å². The van der Waals surface area contributed by atoms with E-state index in [1.165, 1.54) is 7.11 Å². The molecule has 0 aliphatic heterocycles. The predicted octanol–water partition coefficient (Wildman–Crippen LogP) is 2.33. The van der Waals surface area contributed by atoms with Crippen molar-refractivity contribution in [2.45, 2.75) is 12.8 Å². The Kier molecular flexibility index (Phi) is 5.95. The molecule has 0 spiro atoms. The molecule has 0 aliphatic rings. The van der Waals surface area contributed by atoms with Crippen LogP contribution in [0.15, 0.2) is 18.2 Å². The quantitative estimate of drug-likeness (QED) is 0.700. The molecular weight excluding hydrogens is 272 g/mol. The molecule has 0 fully saturated rings. The zero-order valence-corrected chi connectivity index (χ0v) is 11.2. The third-order valence-corrected chi connectivity index (χ3v) is 2.60. The molecule has 19 heavy (non-hydrogen) atoms. The number of carbonyl (C=O) groups excluding carboxylic acids is 1. The first-order valence-corrected chi connectivity index (χ1v) is 6.01. The van der Waals surface area contributed by atoms with Crippen molar-refractivity contribution in [1.29, 1.82) is 0 Å². The number of rotatable bonds is 6. The largest absolute Gasteiger partial charge is 0.497 e. The smallest absolute Gasteiger partial charge is 0.319 e. The monoisotopic (exact) mass is 286 g/mol. The lowest BCUT2D eigenvalue weighted by molar-refractivity contribution is -0.137. The molecule has 104 valence electrons. The molecule has 7 heteroatoms. The van der Waals surface area contributed by atoms with Gasteiger partial charge in [0.05, 0.1) is 17.8 Å². The average Bonchev–Trinajstić information content (AvgIpc) is 2.37. The van der Waals surface area contributed by atoms with Crippen LogP contribution in [0.25, 0.3) is 0 Å². The van der Waals surface area contributed by atoms with Gasteiger partial charge in [0, 0.05) is 19.0 Å². The standard InChI is InChI=1S/C12H15ClN2O4/c1-19-8-4-5-9(13)10(7-8)15-12(18)14-6-2-3-11(16)17/h4-5,7H,2-3,6H2,1H3,(H,16,17)(H2,14,15,18). The van der Waals surface area contributed by atoms with Crippen LogP contribution in [0.2, 0.25) is 5.02 Å². The van der Waals surface area contributed by atoms with Crippen LogP contribution in [0.3, 0.4) is 0 Å². The van der Waals surface area contributed by atoms with Crippen LogP contribution in [0, 0.1) is 0 Å². The summed E-state index contributed by atoms with van der Waals surface area (Å²) < 4.78 is 5.02. The number of nitrogens with one attached hydrogen (secondary N) is 2. The molecule has 0 saturated heterocycles. The maximum Gasteiger partial charge on any atom is 0.319 e. The number of hydrogen-bond acceptors (Lipinski definition) is 3. The van der Waals surface area contributed by atoms with Crippen LogP contribution in [0.4, 0.5) is 10.5 Å². The molecule has 0 aliphatic carbocycles. The summed E-state index contributed by atoms with van der Waals surface area (Å²) in [6.45, 7) is 0.278. The van der Waals surface area contributed by atoms with Crippen molar-refractivity contribution in [3.8, 4) is 5.75 Å². The second-order valence-corrected chi connectivity index (χ2v) is 4.13. The zero-order valence-electron chi connectivity index (χ0n) is 10.4. The summed E-state index contributed by atoms with van der Waals surface area (Å²) in [5.41, 5.74) is 0.428. The Morgan fingerprint density at radius 3 is 2.79 bits per heavy atom. The Balaban J connectivity index is 2.45. The van der Waals surface area contributed by atoms with Crippen molar-refractivity contribution in [2.75, 3.05) is 19.0 Å². The number of benzene rings is 1. The lowest BCUT2D eigenvalue weighted by Gasteiger charge is -2.10. The first-order valence-electron chi connectivity index (χ1n) is 5.63. The SMILES string of the molecule is COc1ccc(Cl)c(NC(=O)NCCCC(=O)O)c1. The fourth-order valence-electron chi connectivity index (χ4n) is 1.34. The first-order chi connectivity index (χ1) is 9.02. The lowest BCUT2D eigenvalue weighted by atomic mass is 10.3. The van der Waals surface area contributed by atoms with E-state index in [-0.39, 0.29) is 13.0 Å². The van der Waals surface area contributed by atoms with Gasteiger partial charge in [0.1, 0.15) is 5.75 Å². The van der Waals surface area contributed by atoms with Gasteiger partial charge in [-0.1, -0.05) is 11.6 Å². The molecule has 1 rings (SSSR count). The Bertz CT molecular complexity index is 465. The second kappa shape index (κ2) is 7.48. The van der Waals surface area contributed by atoms with Crippen molar-refractivity contribution in [1.82, 2.24) is 5.32 Å². The summed E-state index contributed by atoms with van der Waals surface area (Å²) in [5.74, 6) is -0.316. The molecule has 0 atom stereocenters. The molecule has 0 aromatic heterocycles. The molecule has 0 radical (unpaired) electrons. The van der Waals surface area contributed by atoms with Crippen molar-refractivity contribution in [3.05, 3.63) is 23.2 Å². The first kappa shape index (κ1) is 15.1. The number of carbonyl (C=O) groups is 2. The van der Waals surface area contributed by atoms with Crippen molar-refractivity contribution in [3.63, 3.8) is 0 Å². The van der Waals surface area contributed by atoms with E-state index < -0.39 is 12.0 Å².